The number of hydrogen-bond donors (Lipinski definition) is 1. The molecule has 2 aromatic carbocycles. The second kappa shape index (κ2) is 30.0. The lowest BCUT2D eigenvalue weighted by Gasteiger charge is -2.33. The lowest BCUT2D eigenvalue weighted by molar-refractivity contribution is -0.145. The lowest BCUT2D eigenvalue weighted by Crippen LogP contribution is -2.36. The Morgan fingerprint density at radius 1 is 0.585 bits per heavy atom. The zero-order chi connectivity index (χ0) is 68.8. The minimum absolute atomic E-state index is 0.00923. The molecule has 94 heavy (non-hydrogen) atoms. The number of carboxylic acids is 1. The van der Waals surface area contributed by atoms with Gasteiger partial charge in [-0.3, -0.25) is 24.4 Å². The minimum atomic E-state index is -5.09. The second-order valence-corrected chi connectivity index (χ2v) is 24.7. The van der Waals surface area contributed by atoms with E-state index >= 15 is 0 Å². The van der Waals surface area contributed by atoms with Crippen molar-refractivity contribution in [2.24, 2.45) is 23.7 Å². The number of anilines is 2. The van der Waals surface area contributed by atoms with Gasteiger partial charge in [0.15, 0.2) is 11.6 Å². The first-order valence-electron chi connectivity index (χ1n) is 30.5. The maximum absolute atomic E-state index is 14.1. The standard InChI is InChI=1S/C33H34F7N5O4.C30H35BrF6N4O4/c1-3-44(16-20-6-4-19(5-7-20)8-28(46)47)30-27(43-26(15-42-30)22-11-25(34)14-41-13-22)17-45-18(2)29(49-31(45)48)21-9-23(32(35,36)37)12-24(10-21)33(38,39)40;1-4-40(15-19-8-6-18(7-9-19)10-25(42)44-5-2)27-23(39-24(31)14-38-27)16-41-17(3)26(45-28(41)43)20-11-21(29(32,33)34)13-22(12-20)30(35,36)37/h9-15,18-20,29H,3-8,16-17H2,1-2H3,(H,46,47);11-14,17-19,26H,4-10,15-16H2,1-3H3/t18-,19?,20?,29?;17-,18?,19?,26?/m00/s1. The zero-order valence-electron chi connectivity index (χ0n) is 51.6. The average Bonchev–Trinajstić information content (AvgIpc) is 1.55. The number of rotatable bonds is 20. The van der Waals surface area contributed by atoms with Crippen LogP contribution >= 0.6 is 15.9 Å². The number of halogens is 14. The molecule has 0 bridgehead atoms. The predicted octanol–water partition coefficient (Wildman–Crippen LogP) is 15.8. The van der Waals surface area contributed by atoms with E-state index in [0.717, 1.165) is 62.5 Å². The maximum Gasteiger partial charge on any atom is 0.416 e. The molecule has 2 aliphatic heterocycles. The summed E-state index contributed by atoms with van der Waals surface area (Å²) in [5, 5.41) is 9.16. The number of carbonyl (C=O) groups excluding carboxylic acids is 3. The number of nitrogens with zero attached hydrogens (tertiary/aromatic N) is 9. The van der Waals surface area contributed by atoms with E-state index < -0.39 is 106 Å². The summed E-state index contributed by atoms with van der Waals surface area (Å²) in [6.07, 6.45) is -12.4. The van der Waals surface area contributed by atoms with Crippen LogP contribution in [0, 0.1) is 29.5 Å². The topological polar surface area (TPSA) is 194 Å². The van der Waals surface area contributed by atoms with Crippen LogP contribution in [-0.2, 0) is 61.6 Å². The number of carbonyl (C=O) groups is 4. The molecule has 4 aliphatic rings. The largest absolute Gasteiger partial charge is 0.481 e. The number of esters is 1. The molecule has 512 valence electrons. The van der Waals surface area contributed by atoms with Crippen LogP contribution in [0.2, 0.25) is 0 Å². The minimum Gasteiger partial charge on any atom is -0.481 e. The van der Waals surface area contributed by atoms with Crippen LogP contribution in [0.5, 0.6) is 0 Å². The molecule has 5 heterocycles. The van der Waals surface area contributed by atoms with Crippen LogP contribution in [0.1, 0.15) is 156 Å². The van der Waals surface area contributed by atoms with E-state index in [4.69, 9.17) is 24.3 Å². The molecule has 1 N–H and O–H groups in total. The Kier molecular flexibility index (Phi) is 23.1. The summed E-state index contributed by atoms with van der Waals surface area (Å²) in [6.45, 7) is 10.7. The van der Waals surface area contributed by atoms with Crippen molar-refractivity contribution in [3.8, 4) is 11.3 Å². The highest BCUT2D eigenvalue weighted by Crippen LogP contribution is 2.45. The molecule has 0 spiro atoms. The van der Waals surface area contributed by atoms with Gasteiger partial charge in [-0.25, -0.2) is 33.9 Å². The van der Waals surface area contributed by atoms with Gasteiger partial charge in [-0.05, 0) is 179 Å². The first kappa shape index (κ1) is 72.2. The molecule has 4 fully saturated rings. The van der Waals surface area contributed by atoms with E-state index in [9.17, 15) is 76.3 Å². The van der Waals surface area contributed by atoms with Gasteiger partial charge in [0.25, 0.3) is 0 Å². The quantitative estimate of drug-likeness (QED) is 0.0439. The molecular weight excluding hydrogens is 1340 g/mol. The summed E-state index contributed by atoms with van der Waals surface area (Å²) in [7, 11) is 0. The fraction of sp³-hybridized carbons (Fsp3) is 0.540. The number of aromatic nitrogens is 5. The van der Waals surface area contributed by atoms with Crippen LogP contribution in [-0.4, -0.2) is 109 Å². The van der Waals surface area contributed by atoms with E-state index in [1.165, 1.54) is 43.4 Å². The highest BCUT2D eigenvalue weighted by molar-refractivity contribution is 9.10. The van der Waals surface area contributed by atoms with Gasteiger partial charge in [-0.1, -0.05) is 0 Å². The van der Waals surface area contributed by atoms with E-state index in [1.54, 1.807) is 6.92 Å². The molecule has 2 unspecified atom stereocenters. The Morgan fingerprint density at radius 3 is 1.38 bits per heavy atom. The second-order valence-electron chi connectivity index (χ2n) is 23.9. The van der Waals surface area contributed by atoms with Crippen LogP contribution in [0.15, 0.2) is 71.9 Å². The number of carboxylic acid groups (broad SMARTS) is 1. The fourth-order valence-corrected chi connectivity index (χ4v) is 12.8. The Morgan fingerprint density at radius 2 is 0.989 bits per heavy atom. The van der Waals surface area contributed by atoms with Crippen molar-refractivity contribution in [3.63, 3.8) is 0 Å². The third kappa shape index (κ3) is 18.2. The monoisotopic (exact) mass is 1410 g/mol. The molecular formula is C63H69BrF13N9O8. The Hall–Kier alpha value is -7.60. The number of amides is 2. The Balaban J connectivity index is 0.000000242. The number of benzene rings is 2. The van der Waals surface area contributed by atoms with E-state index in [-0.39, 0.29) is 66.8 Å². The van der Waals surface area contributed by atoms with Gasteiger partial charge in [0, 0.05) is 50.8 Å². The van der Waals surface area contributed by atoms with Crippen LogP contribution < -0.4 is 9.80 Å². The number of hydrogen-bond acceptors (Lipinski definition) is 14. The molecule has 0 radical (unpaired) electrons. The molecule has 2 saturated carbocycles. The van der Waals surface area contributed by atoms with Crippen LogP contribution in [0.4, 0.5) is 78.3 Å². The van der Waals surface area contributed by atoms with Gasteiger partial charge in [0.2, 0.25) is 0 Å². The molecule has 2 amide bonds. The van der Waals surface area contributed by atoms with Crippen molar-refractivity contribution in [2.45, 2.75) is 161 Å². The summed E-state index contributed by atoms with van der Waals surface area (Å²) < 4.78 is 193. The first-order chi connectivity index (χ1) is 44.1. The molecule has 31 heteroatoms. The van der Waals surface area contributed by atoms with Gasteiger partial charge in [-0.2, -0.15) is 52.7 Å². The number of cyclic esters (lactones) is 2. The van der Waals surface area contributed by atoms with Crippen molar-refractivity contribution < 1.29 is 95.6 Å². The highest BCUT2D eigenvalue weighted by Gasteiger charge is 2.46. The molecule has 17 nitrogen and oxygen atoms in total. The molecule has 9 rings (SSSR count). The molecule has 5 aromatic rings. The van der Waals surface area contributed by atoms with Crippen molar-refractivity contribution in [3.05, 3.63) is 122 Å². The fourth-order valence-electron chi connectivity index (χ4n) is 12.5. The van der Waals surface area contributed by atoms with Gasteiger partial charge in [0.1, 0.15) is 34.0 Å². The predicted molar refractivity (Wildman–Crippen MR) is 316 cm³/mol. The molecule has 3 aromatic heterocycles. The Labute approximate surface area is 540 Å². The summed E-state index contributed by atoms with van der Waals surface area (Å²) in [4.78, 5) is 77.9. The Bertz CT molecular complexity index is 3430. The summed E-state index contributed by atoms with van der Waals surface area (Å²) in [6, 6.07) is 1.55. The SMILES string of the molecule is CCN(CC1CCC(CC(=O)O)CC1)c1ncc(-c2cncc(F)c2)nc1CN1C(=O)OC(c2cc(C(F)(F)F)cc(C(F)(F)F)c2)[C@@H]1C.CCOC(=O)CC1CCC(CN(CC)c2ncc(Br)nc2CN2C(=O)OC(c3cc(C(F)(F)F)cc(C(F)(F)F)c3)[C@@H]2C)CC1. The molecule has 2 aliphatic carbocycles. The third-order valence-corrected chi connectivity index (χ3v) is 17.8. The molecule has 4 atom stereocenters. The average molecular weight is 1410 g/mol. The van der Waals surface area contributed by atoms with E-state index in [1.807, 2.05) is 23.6 Å². The smallest absolute Gasteiger partial charge is 0.416 e. The third-order valence-electron chi connectivity index (χ3n) is 17.4. The zero-order valence-corrected chi connectivity index (χ0v) is 53.2. The summed E-state index contributed by atoms with van der Waals surface area (Å²) in [5.41, 5.74) is -5.75. The van der Waals surface area contributed by atoms with E-state index in [0.29, 0.717) is 96.9 Å². The van der Waals surface area contributed by atoms with E-state index in [2.05, 4.69) is 35.9 Å². The number of alkyl halides is 12. The van der Waals surface area contributed by atoms with Crippen molar-refractivity contribution in [1.82, 2.24) is 34.7 Å². The number of pyridine rings is 1. The van der Waals surface area contributed by atoms with Gasteiger partial charge in [-0.15, -0.1) is 0 Å². The molecule has 2 saturated heterocycles. The highest BCUT2D eigenvalue weighted by atomic mass is 79.9. The summed E-state index contributed by atoms with van der Waals surface area (Å²) >= 11 is 3.31. The maximum atomic E-state index is 14.1. The van der Waals surface area contributed by atoms with Crippen molar-refractivity contribution in [1.29, 1.82) is 0 Å². The van der Waals surface area contributed by atoms with Crippen LogP contribution in [0.25, 0.3) is 11.3 Å². The number of ether oxygens (including phenoxy) is 3. The lowest BCUT2D eigenvalue weighted by atomic mass is 9.80. The number of aliphatic carboxylic acids is 1. The van der Waals surface area contributed by atoms with Gasteiger partial charge < -0.3 is 29.1 Å². The normalized spacial score (nSPS) is 21.9. The van der Waals surface area contributed by atoms with Crippen molar-refractivity contribution in [2.75, 3.05) is 42.6 Å². The van der Waals surface area contributed by atoms with Crippen molar-refractivity contribution >= 4 is 51.7 Å². The summed E-state index contributed by atoms with van der Waals surface area (Å²) in [5.74, 6) is 0.144. The van der Waals surface area contributed by atoms with Crippen LogP contribution in [0.3, 0.4) is 0 Å². The first-order valence-corrected chi connectivity index (χ1v) is 31.3. The van der Waals surface area contributed by atoms with Gasteiger partial charge >= 0.3 is 48.8 Å². The van der Waals surface area contributed by atoms with Gasteiger partial charge in [0.05, 0.1) is 78.3 Å².